The minimum absolute atomic E-state index is 0.146. The molecule has 0 aromatic heterocycles. The van der Waals surface area contributed by atoms with Gasteiger partial charge in [-0.25, -0.2) is 4.39 Å². The van der Waals surface area contributed by atoms with E-state index >= 15 is 0 Å². The molecule has 4 heterocycles. The van der Waals surface area contributed by atoms with E-state index in [-0.39, 0.29) is 5.54 Å². The largest absolute Gasteiger partial charge is 0.377 e. The first-order chi connectivity index (χ1) is 12.5. The molecule has 0 bridgehead atoms. The molecule has 3 atom stereocenters. The topological polar surface area (TPSA) is 22.2 Å². The fourth-order valence-corrected chi connectivity index (χ4v) is 5.64. The number of nitrogens with zero attached hydrogens (tertiary/aromatic N) is 4. The van der Waals surface area contributed by atoms with Gasteiger partial charge in [-0.3, -0.25) is 9.80 Å². The smallest absolute Gasteiger partial charge is 0.103 e. The molecule has 0 N–H and O–H groups in total. The van der Waals surface area contributed by atoms with Gasteiger partial charge in [0.15, 0.2) is 0 Å². The van der Waals surface area contributed by atoms with Crippen molar-refractivity contribution in [3.63, 3.8) is 0 Å². The summed E-state index contributed by atoms with van der Waals surface area (Å²) >= 11 is 0. The van der Waals surface area contributed by atoms with Crippen molar-refractivity contribution in [1.29, 1.82) is 0 Å². The predicted molar refractivity (Wildman–Crippen MR) is 102 cm³/mol. The van der Waals surface area contributed by atoms with E-state index in [1.165, 1.54) is 25.9 Å². The molecule has 4 aliphatic rings. The van der Waals surface area contributed by atoms with Crippen LogP contribution in [0.15, 0.2) is 0 Å². The molecule has 150 valence electrons. The summed E-state index contributed by atoms with van der Waals surface area (Å²) in [5.41, 5.74) is 0.146. The molecule has 0 amide bonds. The van der Waals surface area contributed by atoms with Crippen LogP contribution in [0.25, 0.3) is 0 Å². The highest BCUT2D eigenvalue weighted by atomic mass is 19.1. The Bertz CT molecular complexity index is 480. The van der Waals surface area contributed by atoms with Crippen LogP contribution in [0.5, 0.6) is 0 Å². The first kappa shape index (κ1) is 19.1. The summed E-state index contributed by atoms with van der Waals surface area (Å²) < 4.78 is 20.1. The molecule has 0 radical (unpaired) electrons. The number of rotatable bonds is 3. The quantitative estimate of drug-likeness (QED) is 0.747. The zero-order chi connectivity index (χ0) is 18.3. The van der Waals surface area contributed by atoms with Crippen LogP contribution in [0.2, 0.25) is 0 Å². The highest BCUT2D eigenvalue weighted by Crippen LogP contribution is 2.36. The van der Waals surface area contributed by atoms with Gasteiger partial charge in [0.2, 0.25) is 0 Å². The Balaban J connectivity index is 1.55. The van der Waals surface area contributed by atoms with E-state index in [4.69, 9.17) is 4.74 Å². The van der Waals surface area contributed by atoms with Crippen LogP contribution in [0.3, 0.4) is 0 Å². The maximum atomic E-state index is 14.5. The third kappa shape index (κ3) is 3.68. The average Bonchev–Trinajstić information content (AvgIpc) is 2.60. The molecular formula is C20H37FN4O. The fourth-order valence-electron chi connectivity index (χ4n) is 5.64. The van der Waals surface area contributed by atoms with Crippen molar-refractivity contribution in [3.8, 4) is 0 Å². The van der Waals surface area contributed by atoms with Gasteiger partial charge in [-0.2, -0.15) is 0 Å². The molecule has 4 fully saturated rings. The molecule has 0 aromatic carbocycles. The number of likely N-dealkylation sites (N-methyl/N-ethyl adjacent to an activating group) is 1. The molecule has 4 aliphatic heterocycles. The number of ether oxygens (including phenoxy) is 1. The van der Waals surface area contributed by atoms with E-state index in [0.29, 0.717) is 31.0 Å². The Morgan fingerprint density at radius 3 is 2.27 bits per heavy atom. The van der Waals surface area contributed by atoms with Gasteiger partial charge in [-0.05, 0) is 59.8 Å². The zero-order valence-corrected chi connectivity index (χ0v) is 16.9. The summed E-state index contributed by atoms with van der Waals surface area (Å²) in [6, 6.07) is 1.39. The van der Waals surface area contributed by atoms with Crippen LogP contribution in [0, 0.1) is 0 Å². The molecule has 6 heteroatoms. The van der Waals surface area contributed by atoms with Crippen molar-refractivity contribution in [3.05, 3.63) is 0 Å². The second-order valence-electron chi connectivity index (χ2n) is 9.47. The third-order valence-electron chi connectivity index (χ3n) is 7.37. The minimum atomic E-state index is -0.637. The van der Waals surface area contributed by atoms with E-state index < -0.39 is 6.17 Å². The van der Waals surface area contributed by atoms with Gasteiger partial charge < -0.3 is 14.5 Å². The first-order valence-electron chi connectivity index (χ1n) is 10.6. The molecule has 0 spiro atoms. The number of piperidine rings is 2. The Kier molecular flexibility index (Phi) is 5.59. The standard InChI is InChI=1S/C20H37FN4O/c1-20(14-26-15-20)25-11-10-23(3)13-19(25)18-12-16(21)4-9-24(18)17-5-7-22(2)8-6-17/h16-19H,4-15H2,1-3H3. The summed E-state index contributed by atoms with van der Waals surface area (Å²) in [5, 5.41) is 0. The van der Waals surface area contributed by atoms with Crippen molar-refractivity contribution in [1.82, 2.24) is 19.6 Å². The number of hydrogen-bond donors (Lipinski definition) is 0. The predicted octanol–water partition coefficient (Wildman–Crippen LogP) is 1.29. The lowest BCUT2D eigenvalue weighted by atomic mass is 9.85. The van der Waals surface area contributed by atoms with Gasteiger partial charge in [0.05, 0.1) is 18.8 Å². The van der Waals surface area contributed by atoms with Gasteiger partial charge in [0.1, 0.15) is 6.17 Å². The molecule has 4 rings (SSSR count). The van der Waals surface area contributed by atoms with E-state index in [1.807, 2.05) is 0 Å². The Hall–Kier alpha value is -0.270. The van der Waals surface area contributed by atoms with Crippen LogP contribution < -0.4 is 0 Å². The Morgan fingerprint density at radius 2 is 1.62 bits per heavy atom. The van der Waals surface area contributed by atoms with E-state index in [9.17, 15) is 4.39 Å². The van der Waals surface area contributed by atoms with E-state index in [1.54, 1.807) is 0 Å². The second-order valence-corrected chi connectivity index (χ2v) is 9.47. The van der Waals surface area contributed by atoms with Crippen molar-refractivity contribution in [2.24, 2.45) is 0 Å². The van der Waals surface area contributed by atoms with Crippen LogP contribution in [0.4, 0.5) is 4.39 Å². The van der Waals surface area contributed by atoms with Gasteiger partial charge in [0.25, 0.3) is 0 Å². The number of halogens is 1. The number of likely N-dealkylation sites (tertiary alicyclic amines) is 2. The monoisotopic (exact) mass is 368 g/mol. The molecule has 0 saturated carbocycles. The molecule has 3 unspecified atom stereocenters. The SMILES string of the molecule is CN1CCC(N2CCC(F)CC2C2CN(C)CCN2C2(C)COC2)CC1. The molecule has 26 heavy (non-hydrogen) atoms. The van der Waals surface area contributed by atoms with Crippen molar-refractivity contribution in [2.45, 2.75) is 62.4 Å². The van der Waals surface area contributed by atoms with E-state index in [2.05, 4.69) is 40.6 Å². The van der Waals surface area contributed by atoms with Crippen molar-refractivity contribution >= 4 is 0 Å². The van der Waals surface area contributed by atoms with Crippen molar-refractivity contribution < 1.29 is 9.13 Å². The number of hydrogen-bond acceptors (Lipinski definition) is 5. The van der Waals surface area contributed by atoms with E-state index in [0.717, 1.165) is 39.4 Å². The van der Waals surface area contributed by atoms with Crippen molar-refractivity contribution in [2.75, 3.05) is 66.6 Å². The van der Waals surface area contributed by atoms with Gasteiger partial charge in [-0.15, -0.1) is 0 Å². The lowest BCUT2D eigenvalue weighted by Crippen LogP contribution is -2.72. The van der Waals surface area contributed by atoms with Crippen LogP contribution in [0.1, 0.15) is 32.6 Å². The Morgan fingerprint density at radius 1 is 0.885 bits per heavy atom. The highest BCUT2D eigenvalue weighted by Gasteiger charge is 2.49. The van der Waals surface area contributed by atoms with Crippen LogP contribution in [-0.4, -0.2) is 116 Å². The molecular weight excluding hydrogens is 331 g/mol. The summed E-state index contributed by atoms with van der Waals surface area (Å²) in [6.45, 7) is 10.5. The highest BCUT2D eigenvalue weighted by molar-refractivity contribution is 5.04. The minimum Gasteiger partial charge on any atom is -0.377 e. The molecule has 5 nitrogen and oxygen atoms in total. The maximum Gasteiger partial charge on any atom is 0.103 e. The average molecular weight is 369 g/mol. The summed E-state index contributed by atoms with van der Waals surface area (Å²) in [6.07, 6.45) is 3.24. The molecule has 0 aromatic rings. The van der Waals surface area contributed by atoms with Crippen LogP contribution >= 0.6 is 0 Å². The van der Waals surface area contributed by atoms with Gasteiger partial charge in [0, 0.05) is 44.3 Å². The first-order valence-corrected chi connectivity index (χ1v) is 10.6. The Labute approximate surface area is 158 Å². The summed E-state index contributed by atoms with van der Waals surface area (Å²) in [4.78, 5) is 10.3. The molecule has 4 saturated heterocycles. The lowest BCUT2D eigenvalue weighted by Gasteiger charge is -2.58. The fraction of sp³-hybridized carbons (Fsp3) is 1.00. The number of piperazine rings is 1. The third-order valence-corrected chi connectivity index (χ3v) is 7.37. The summed E-state index contributed by atoms with van der Waals surface area (Å²) in [7, 11) is 4.44. The van der Waals surface area contributed by atoms with Gasteiger partial charge >= 0.3 is 0 Å². The normalized spacial score (nSPS) is 39.0. The lowest BCUT2D eigenvalue weighted by molar-refractivity contribution is -0.170. The molecule has 0 aliphatic carbocycles. The van der Waals surface area contributed by atoms with Gasteiger partial charge in [-0.1, -0.05) is 0 Å². The number of alkyl halides is 1. The van der Waals surface area contributed by atoms with Crippen LogP contribution in [-0.2, 0) is 4.74 Å². The second kappa shape index (κ2) is 7.63. The summed E-state index contributed by atoms with van der Waals surface area (Å²) in [5.74, 6) is 0. The zero-order valence-electron chi connectivity index (χ0n) is 16.9. The maximum absolute atomic E-state index is 14.5.